The van der Waals surface area contributed by atoms with Crippen LogP contribution >= 0.6 is 0 Å². The highest BCUT2D eigenvalue weighted by atomic mass is 19.4. The van der Waals surface area contributed by atoms with Gasteiger partial charge in [-0.3, -0.25) is 33.4 Å². The number of hydrogen-bond donors (Lipinski definition) is 4. The van der Waals surface area contributed by atoms with E-state index in [4.69, 9.17) is 9.47 Å². The van der Waals surface area contributed by atoms with Gasteiger partial charge < -0.3 is 35.0 Å². The third-order valence-corrected chi connectivity index (χ3v) is 13.4. The molecule has 0 spiro atoms. The Morgan fingerprint density at radius 2 is 1.27 bits per heavy atom. The van der Waals surface area contributed by atoms with Crippen molar-refractivity contribution in [2.24, 2.45) is 0 Å². The number of hydrogen-bond acceptors (Lipinski definition) is 14. The first-order chi connectivity index (χ1) is 34.9. The van der Waals surface area contributed by atoms with E-state index in [0.29, 0.717) is 74.2 Å². The smallest absolute Gasteiger partial charge is 0.406 e. The summed E-state index contributed by atoms with van der Waals surface area (Å²) in [5, 5.41) is 52.9. The summed E-state index contributed by atoms with van der Waals surface area (Å²) < 4.78 is 58.5. The third-order valence-electron chi connectivity index (χ3n) is 13.4. The van der Waals surface area contributed by atoms with Crippen LogP contribution in [0.25, 0.3) is 34.2 Å². The summed E-state index contributed by atoms with van der Waals surface area (Å²) in [7, 11) is 2.99. The molecule has 8 rings (SSSR count). The number of benzene rings is 4. The molecule has 2 fully saturated rings. The number of piperazine rings is 1. The second kappa shape index (κ2) is 22.0. The van der Waals surface area contributed by atoms with Gasteiger partial charge in [0.05, 0.1) is 37.6 Å². The van der Waals surface area contributed by atoms with Crippen molar-refractivity contribution in [3.63, 3.8) is 0 Å². The molecule has 0 radical (unpaired) electrons. The molecule has 4 aromatic carbocycles. The third kappa shape index (κ3) is 11.3. The fourth-order valence-electron chi connectivity index (χ4n) is 9.51. The van der Waals surface area contributed by atoms with E-state index in [1.807, 2.05) is 68.7 Å². The molecular weight excluding hydrogens is 948 g/mol. The molecule has 2 saturated heterocycles. The Kier molecular flexibility index (Phi) is 15.7. The standard InChI is InChI=1S/C52H62F3N11O7/c1-8-63-18-17-62(28-34-11-13-35(14-12-34)65-46(57-59-48(65)50(70)56-6)40-24-38(32(4)5)44(72-7)26-43(40)69)29-45(63)64(30-52(53,54)55)51(71)49-60-58-47(39-23-37(31(2)3)41(67)25-42(39)68)66(49)36-15-9-33(10-16-36)27-61-19-21-73-22-20-61/h9-16,23-26,31-32,45,67-69H,8,17-22,27-30H2,1-7H3,(H,56,70). The number of amides is 2. The molecular formula is C52H62F3N11O7. The lowest BCUT2D eigenvalue weighted by atomic mass is 9.98. The van der Waals surface area contributed by atoms with Gasteiger partial charge in [-0.05, 0) is 77.0 Å². The number of morpholine rings is 1. The number of phenolic OH excluding ortho intramolecular Hbond substituents is 3. The monoisotopic (exact) mass is 1010 g/mol. The van der Waals surface area contributed by atoms with Crippen molar-refractivity contribution in [1.82, 2.24) is 54.4 Å². The van der Waals surface area contributed by atoms with Gasteiger partial charge in [0.25, 0.3) is 11.8 Å². The van der Waals surface area contributed by atoms with Crippen LogP contribution in [-0.4, -0.2) is 162 Å². The second-order valence-corrected chi connectivity index (χ2v) is 18.9. The molecule has 0 bridgehead atoms. The maximum absolute atomic E-state index is 15.1. The van der Waals surface area contributed by atoms with Crippen molar-refractivity contribution >= 4 is 11.8 Å². The number of carbonyl (C=O) groups excluding carboxylic acids is 2. The van der Waals surface area contributed by atoms with Crippen molar-refractivity contribution in [1.29, 1.82) is 0 Å². The van der Waals surface area contributed by atoms with Crippen molar-refractivity contribution in [3.05, 3.63) is 107 Å². The zero-order valence-electron chi connectivity index (χ0n) is 42.0. The maximum Gasteiger partial charge on any atom is 0.406 e. The zero-order valence-corrected chi connectivity index (χ0v) is 42.0. The predicted molar refractivity (Wildman–Crippen MR) is 266 cm³/mol. The lowest BCUT2D eigenvalue weighted by molar-refractivity contribution is -0.155. The number of phenols is 3. The fourth-order valence-corrected chi connectivity index (χ4v) is 9.51. The second-order valence-electron chi connectivity index (χ2n) is 18.9. The number of methoxy groups -OCH3 is 1. The number of halogens is 3. The molecule has 1 atom stereocenters. The van der Waals surface area contributed by atoms with E-state index in [-0.39, 0.29) is 58.7 Å². The average molecular weight is 1010 g/mol. The summed E-state index contributed by atoms with van der Waals surface area (Å²) in [6.45, 7) is 12.8. The quantitative estimate of drug-likeness (QED) is 0.0780. The van der Waals surface area contributed by atoms with E-state index in [1.54, 1.807) is 41.0 Å². The van der Waals surface area contributed by atoms with E-state index in [0.717, 1.165) is 34.7 Å². The molecule has 4 N–H and O–H groups in total. The van der Waals surface area contributed by atoms with E-state index in [1.165, 1.54) is 30.9 Å². The van der Waals surface area contributed by atoms with Gasteiger partial charge in [0.2, 0.25) is 11.6 Å². The summed E-state index contributed by atoms with van der Waals surface area (Å²) in [4.78, 5) is 35.1. The van der Waals surface area contributed by atoms with Gasteiger partial charge in [-0.15, -0.1) is 20.4 Å². The van der Waals surface area contributed by atoms with Gasteiger partial charge >= 0.3 is 6.18 Å². The number of aromatic nitrogens is 6. The first-order valence-electron chi connectivity index (χ1n) is 24.3. The van der Waals surface area contributed by atoms with Gasteiger partial charge in [0.15, 0.2) is 11.6 Å². The number of nitrogens with zero attached hydrogens (tertiary/aromatic N) is 10. The minimum atomic E-state index is -4.81. The van der Waals surface area contributed by atoms with Crippen molar-refractivity contribution in [2.75, 3.05) is 73.2 Å². The number of likely N-dealkylation sites (N-methyl/N-ethyl adjacent to an activating group) is 1. The molecule has 4 heterocycles. The molecule has 18 nitrogen and oxygen atoms in total. The molecule has 2 amide bonds. The van der Waals surface area contributed by atoms with Crippen LogP contribution in [0.5, 0.6) is 23.0 Å². The number of carbonyl (C=O) groups is 2. The molecule has 0 aliphatic carbocycles. The van der Waals surface area contributed by atoms with Gasteiger partial charge in [-0.1, -0.05) is 58.9 Å². The molecule has 0 saturated carbocycles. The SMILES string of the molecule is CCN1CCN(Cc2ccc(-n3c(C(=O)NC)nnc3-c3cc(C(C)C)c(OC)cc3O)cc2)CC1N(CC(F)(F)F)C(=O)c1nnc(-c2cc(C(C)C)c(O)cc2O)n1-c1ccc(CN2CCOCC2)cc1. The molecule has 6 aromatic rings. The Balaban J connectivity index is 1.12. The van der Waals surface area contributed by atoms with E-state index < -0.39 is 36.5 Å². The van der Waals surface area contributed by atoms with E-state index in [9.17, 15) is 33.3 Å². The molecule has 2 aliphatic rings. The highest BCUT2D eigenvalue weighted by molar-refractivity contribution is 5.93. The number of rotatable bonds is 16. The zero-order chi connectivity index (χ0) is 52.3. The van der Waals surface area contributed by atoms with Crippen molar-refractivity contribution < 1.29 is 47.6 Å². The summed E-state index contributed by atoms with van der Waals surface area (Å²) in [5.41, 5.74) is 4.40. The number of ether oxygens (including phenoxy) is 2. The first kappa shape index (κ1) is 52.3. The summed E-state index contributed by atoms with van der Waals surface area (Å²) in [6, 6.07) is 20.4. The van der Waals surface area contributed by atoms with Crippen LogP contribution in [0, 0.1) is 0 Å². The highest BCUT2D eigenvalue weighted by Gasteiger charge is 2.43. The Morgan fingerprint density at radius 3 is 1.81 bits per heavy atom. The van der Waals surface area contributed by atoms with Gasteiger partial charge in [-0.2, -0.15) is 13.2 Å². The first-order valence-corrected chi connectivity index (χ1v) is 24.3. The lowest BCUT2D eigenvalue weighted by Crippen LogP contribution is -2.62. The molecule has 388 valence electrons. The van der Waals surface area contributed by atoms with Crippen LogP contribution in [0.3, 0.4) is 0 Å². The number of alkyl halides is 3. The molecule has 21 heteroatoms. The van der Waals surface area contributed by atoms with Gasteiger partial charge in [0.1, 0.15) is 29.5 Å². The minimum Gasteiger partial charge on any atom is -0.508 e. The predicted octanol–water partition coefficient (Wildman–Crippen LogP) is 6.91. The average Bonchev–Trinajstić information content (AvgIpc) is 4.01. The van der Waals surface area contributed by atoms with Crippen LogP contribution in [0.1, 0.15) is 89.9 Å². The Hall–Kier alpha value is -7.07. The lowest BCUT2D eigenvalue weighted by Gasteiger charge is -2.46. The summed E-state index contributed by atoms with van der Waals surface area (Å²) >= 11 is 0. The van der Waals surface area contributed by atoms with Crippen molar-refractivity contribution in [3.8, 4) is 57.1 Å². The highest BCUT2D eigenvalue weighted by Crippen LogP contribution is 2.40. The molecule has 2 aliphatic heterocycles. The van der Waals surface area contributed by atoms with Crippen molar-refractivity contribution in [2.45, 2.75) is 71.9 Å². The normalized spacial score (nSPS) is 16.1. The summed E-state index contributed by atoms with van der Waals surface area (Å²) in [6.07, 6.45) is -5.87. The van der Waals surface area contributed by atoms with Gasteiger partial charge in [0, 0.05) is 76.4 Å². The fraction of sp³-hybridized carbons (Fsp3) is 0.423. The van der Waals surface area contributed by atoms with Crippen LogP contribution in [0.4, 0.5) is 13.2 Å². The topological polar surface area (TPSA) is 200 Å². The molecule has 2 aromatic heterocycles. The van der Waals surface area contributed by atoms with E-state index in [2.05, 4.69) is 30.6 Å². The number of nitrogens with one attached hydrogen (secondary N) is 1. The Morgan fingerprint density at radius 1 is 0.740 bits per heavy atom. The Labute approximate surface area is 421 Å². The minimum absolute atomic E-state index is 0.00106. The summed E-state index contributed by atoms with van der Waals surface area (Å²) in [5.74, 6) is -2.04. The largest absolute Gasteiger partial charge is 0.508 e. The van der Waals surface area contributed by atoms with Crippen LogP contribution in [0.15, 0.2) is 72.8 Å². The van der Waals surface area contributed by atoms with Crippen LogP contribution < -0.4 is 10.1 Å². The van der Waals surface area contributed by atoms with Gasteiger partial charge in [-0.25, -0.2) is 0 Å². The maximum atomic E-state index is 15.1. The van der Waals surface area contributed by atoms with Crippen LogP contribution in [-0.2, 0) is 17.8 Å². The molecule has 73 heavy (non-hydrogen) atoms. The van der Waals surface area contributed by atoms with Crippen LogP contribution in [0.2, 0.25) is 0 Å². The van der Waals surface area contributed by atoms with E-state index >= 15 is 4.79 Å². The Bertz CT molecular complexity index is 2920. The molecule has 1 unspecified atom stereocenters. The number of aromatic hydroxyl groups is 3.